The first-order valence-electron chi connectivity index (χ1n) is 12.2. The summed E-state index contributed by atoms with van der Waals surface area (Å²) in [6.45, 7) is 0.305. The van der Waals surface area contributed by atoms with Crippen LogP contribution in [0.5, 0.6) is 0 Å². The van der Waals surface area contributed by atoms with Crippen LogP contribution >= 0.6 is 0 Å². The number of aromatic nitrogens is 4. The van der Waals surface area contributed by atoms with E-state index in [1.807, 2.05) is 12.1 Å². The number of amides is 2. The van der Waals surface area contributed by atoms with E-state index in [1.54, 1.807) is 24.3 Å². The van der Waals surface area contributed by atoms with Gasteiger partial charge in [-0.25, -0.2) is 18.7 Å². The third-order valence-electron chi connectivity index (χ3n) is 6.24. The highest BCUT2D eigenvalue weighted by molar-refractivity contribution is 6.34. The molecule has 1 aliphatic heterocycles. The van der Waals surface area contributed by atoms with E-state index < -0.39 is 23.1 Å². The number of imidazole rings is 1. The molecule has 0 fully saturated rings. The zero-order valence-corrected chi connectivity index (χ0v) is 20.9. The van der Waals surface area contributed by atoms with Crippen molar-refractivity contribution in [2.24, 2.45) is 5.73 Å². The average molecular weight is 544 g/mol. The quantitative estimate of drug-likeness (QED) is 0.251. The van der Waals surface area contributed by atoms with Gasteiger partial charge in [0.15, 0.2) is 11.6 Å². The number of nitrogens with one attached hydrogen (secondary N) is 3. The molecule has 10 nitrogen and oxygen atoms in total. The van der Waals surface area contributed by atoms with Gasteiger partial charge in [-0.1, -0.05) is 30.4 Å². The SMILES string of the molecule is NCc1[nH]cnc1C=C1C(=O)Nc2cc(/C=C/CNC(=O)c3cncn(Cc4ccc(F)c(F)c4)c3=O)ccc21. The van der Waals surface area contributed by atoms with Gasteiger partial charge in [0.25, 0.3) is 17.4 Å². The molecule has 0 saturated carbocycles. The van der Waals surface area contributed by atoms with Gasteiger partial charge in [-0.2, -0.15) is 0 Å². The Balaban J connectivity index is 1.23. The molecule has 0 atom stereocenters. The number of benzene rings is 2. The van der Waals surface area contributed by atoms with Gasteiger partial charge in [0.05, 0.1) is 36.2 Å². The minimum Gasteiger partial charge on any atom is -0.348 e. The summed E-state index contributed by atoms with van der Waals surface area (Å²) < 4.78 is 27.8. The first kappa shape index (κ1) is 26.4. The van der Waals surface area contributed by atoms with Crippen molar-refractivity contribution in [3.05, 3.63) is 117 Å². The second-order valence-electron chi connectivity index (χ2n) is 8.89. The summed E-state index contributed by atoms with van der Waals surface area (Å²) in [5, 5.41) is 5.47. The van der Waals surface area contributed by atoms with Gasteiger partial charge in [0, 0.05) is 30.5 Å². The number of anilines is 1. The van der Waals surface area contributed by atoms with Crippen molar-refractivity contribution in [1.82, 2.24) is 24.8 Å². The lowest BCUT2D eigenvalue weighted by molar-refractivity contribution is -0.110. The summed E-state index contributed by atoms with van der Waals surface area (Å²) >= 11 is 0. The number of nitrogens with zero attached hydrogens (tertiary/aromatic N) is 3. The maximum Gasteiger partial charge on any atom is 0.266 e. The van der Waals surface area contributed by atoms with Crippen LogP contribution in [0.15, 0.2) is 66.1 Å². The zero-order chi connectivity index (χ0) is 28.2. The van der Waals surface area contributed by atoms with Gasteiger partial charge in [-0.05, 0) is 35.4 Å². The zero-order valence-electron chi connectivity index (χ0n) is 20.9. The topological polar surface area (TPSA) is 148 Å². The molecule has 0 radical (unpaired) electrons. The Bertz CT molecular complexity index is 1740. The summed E-state index contributed by atoms with van der Waals surface area (Å²) in [6, 6.07) is 8.75. The number of fused-ring (bicyclic) bond motifs is 1. The van der Waals surface area contributed by atoms with Gasteiger partial charge in [0.2, 0.25) is 0 Å². The minimum atomic E-state index is -1.03. The lowest BCUT2D eigenvalue weighted by Crippen LogP contribution is -2.33. The van der Waals surface area contributed by atoms with Crippen molar-refractivity contribution in [2.45, 2.75) is 13.1 Å². The van der Waals surface area contributed by atoms with Crippen LogP contribution in [0.1, 0.15) is 38.4 Å². The van der Waals surface area contributed by atoms with Gasteiger partial charge in [-0.15, -0.1) is 0 Å². The molecule has 0 saturated heterocycles. The first-order valence-corrected chi connectivity index (χ1v) is 12.2. The number of aromatic amines is 1. The molecule has 5 N–H and O–H groups in total. The van der Waals surface area contributed by atoms with E-state index in [4.69, 9.17) is 5.73 Å². The van der Waals surface area contributed by atoms with Gasteiger partial charge in [-0.3, -0.25) is 19.0 Å². The molecule has 12 heteroatoms. The minimum absolute atomic E-state index is 0.0777. The Hall–Kier alpha value is -5.23. The maximum absolute atomic E-state index is 13.5. The summed E-state index contributed by atoms with van der Waals surface area (Å²) in [7, 11) is 0. The summed E-state index contributed by atoms with van der Waals surface area (Å²) in [5.74, 6) is -2.90. The predicted molar refractivity (Wildman–Crippen MR) is 145 cm³/mol. The standard InChI is InChI=1S/C28H23F2N7O3/c29-21-6-4-17(8-22(21)30)13-37-15-32-12-20(28(37)40)26(38)33-7-1-2-16-3-5-18-19(27(39)36-23(18)9-16)10-24-25(11-31)35-14-34-24/h1-6,8-10,12,14-15H,7,11,13,31H2,(H,33,38)(H,34,35)(H,36,39)/b2-1+,19-10?. The smallest absolute Gasteiger partial charge is 0.266 e. The third-order valence-corrected chi connectivity index (χ3v) is 6.24. The number of rotatable bonds is 8. The molecule has 2 aromatic carbocycles. The van der Waals surface area contributed by atoms with Crippen LogP contribution in [-0.4, -0.2) is 37.9 Å². The van der Waals surface area contributed by atoms with Gasteiger partial charge >= 0.3 is 0 Å². The van der Waals surface area contributed by atoms with Crippen molar-refractivity contribution in [3.8, 4) is 0 Å². The number of carbonyl (C=O) groups is 2. The van der Waals surface area contributed by atoms with E-state index in [-0.39, 0.29) is 31.1 Å². The van der Waals surface area contributed by atoms with Crippen LogP contribution in [0, 0.1) is 11.6 Å². The van der Waals surface area contributed by atoms with E-state index in [0.717, 1.165) is 39.7 Å². The first-order chi connectivity index (χ1) is 19.3. The highest BCUT2D eigenvalue weighted by atomic mass is 19.2. The Morgan fingerprint density at radius 1 is 1.12 bits per heavy atom. The molecule has 2 amide bonds. The van der Waals surface area contributed by atoms with Crippen LogP contribution in [0.4, 0.5) is 14.5 Å². The third kappa shape index (κ3) is 5.47. The molecule has 4 aromatic rings. The molecule has 40 heavy (non-hydrogen) atoms. The van der Waals surface area contributed by atoms with Crippen LogP contribution in [0.2, 0.25) is 0 Å². The molecular formula is C28H23F2N7O3. The van der Waals surface area contributed by atoms with E-state index in [1.165, 1.54) is 18.7 Å². The molecule has 3 heterocycles. The molecule has 2 aromatic heterocycles. The molecule has 0 spiro atoms. The molecule has 202 valence electrons. The number of H-pyrrole nitrogens is 1. The molecular weight excluding hydrogens is 520 g/mol. The number of nitrogens with two attached hydrogens (primary N) is 1. The van der Waals surface area contributed by atoms with Crippen LogP contribution in [-0.2, 0) is 17.9 Å². The highest BCUT2D eigenvalue weighted by Crippen LogP contribution is 2.34. The molecule has 0 aliphatic carbocycles. The van der Waals surface area contributed by atoms with Crippen molar-refractivity contribution >= 4 is 35.2 Å². The fourth-order valence-electron chi connectivity index (χ4n) is 4.21. The molecule has 1 aliphatic rings. The molecule has 5 rings (SSSR count). The molecule has 0 unspecified atom stereocenters. The van der Waals surface area contributed by atoms with Crippen LogP contribution in [0.3, 0.4) is 0 Å². The Labute approximate surface area is 226 Å². The molecule has 0 bridgehead atoms. The lowest BCUT2D eigenvalue weighted by Gasteiger charge is -2.08. The Morgan fingerprint density at radius 3 is 2.77 bits per heavy atom. The van der Waals surface area contributed by atoms with E-state index in [9.17, 15) is 23.2 Å². The van der Waals surface area contributed by atoms with Crippen molar-refractivity contribution in [2.75, 3.05) is 11.9 Å². The Morgan fingerprint density at radius 2 is 1.98 bits per heavy atom. The predicted octanol–water partition coefficient (Wildman–Crippen LogP) is 2.69. The van der Waals surface area contributed by atoms with Crippen molar-refractivity contribution in [1.29, 1.82) is 0 Å². The van der Waals surface area contributed by atoms with E-state index >= 15 is 0 Å². The van der Waals surface area contributed by atoms with E-state index in [0.29, 0.717) is 22.5 Å². The van der Waals surface area contributed by atoms with Gasteiger partial charge < -0.3 is 21.4 Å². The lowest BCUT2D eigenvalue weighted by atomic mass is 10.0. The summed E-state index contributed by atoms with van der Waals surface area (Å²) in [5.41, 5.74) is 9.21. The maximum atomic E-state index is 13.5. The second-order valence-corrected chi connectivity index (χ2v) is 8.89. The van der Waals surface area contributed by atoms with Gasteiger partial charge in [0.1, 0.15) is 5.56 Å². The number of hydrogen-bond donors (Lipinski definition) is 4. The number of halogens is 2. The average Bonchev–Trinajstić information content (AvgIpc) is 3.53. The monoisotopic (exact) mass is 543 g/mol. The number of hydrogen-bond acceptors (Lipinski definition) is 6. The fraction of sp³-hybridized carbons (Fsp3) is 0.107. The second kappa shape index (κ2) is 11.3. The van der Waals surface area contributed by atoms with Crippen LogP contribution in [0.25, 0.3) is 17.7 Å². The number of carbonyl (C=O) groups excluding carboxylic acids is 2. The van der Waals surface area contributed by atoms with Crippen LogP contribution < -0.4 is 21.9 Å². The fourth-order valence-corrected chi connectivity index (χ4v) is 4.21. The normalized spacial score (nSPS) is 13.6. The summed E-state index contributed by atoms with van der Waals surface area (Å²) in [6.07, 6.45) is 9.04. The van der Waals surface area contributed by atoms with Crippen molar-refractivity contribution < 1.29 is 18.4 Å². The highest BCUT2D eigenvalue weighted by Gasteiger charge is 2.24. The van der Waals surface area contributed by atoms with Crippen molar-refractivity contribution in [3.63, 3.8) is 0 Å². The largest absolute Gasteiger partial charge is 0.348 e. The van der Waals surface area contributed by atoms with E-state index in [2.05, 4.69) is 25.6 Å². The summed E-state index contributed by atoms with van der Waals surface area (Å²) in [4.78, 5) is 49.0. The Kier molecular flexibility index (Phi) is 7.42.